The summed E-state index contributed by atoms with van der Waals surface area (Å²) >= 11 is 0. The Kier molecular flexibility index (Phi) is 10.1. The van der Waals surface area contributed by atoms with Gasteiger partial charge in [0.15, 0.2) is 5.96 Å². The Morgan fingerprint density at radius 1 is 1.08 bits per heavy atom. The monoisotopic (exact) mass is 453 g/mol. The Morgan fingerprint density at radius 2 is 1.80 bits per heavy atom. The SMILES string of the molecule is CCNC(=NCc1ccccn1)NCC(c1ccccc1)N(C)C.I. The zero-order chi connectivity index (χ0) is 17.2. The molecule has 0 spiro atoms. The number of guanidine groups is 1. The molecule has 0 bridgehead atoms. The van der Waals surface area contributed by atoms with E-state index in [4.69, 9.17) is 0 Å². The van der Waals surface area contributed by atoms with Crippen LogP contribution in [-0.2, 0) is 6.54 Å². The first-order chi connectivity index (χ1) is 11.7. The molecule has 1 unspecified atom stereocenters. The van der Waals surface area contributed by atoms with Crippen LogP contribution in [0.3, 0.4) is 0 Å². The molecule has 0 aliphatic rings. The lowest BCUT2D eigenvalue weighted by molar-refractivity contribution is 0.298. The molecule has 6 heteroatoms. The lowest BCUT2D eigenvalue weighted by Crippen LogP contribution is -2.41. The number of benzene rings is 1. The number of nitrogens with one attached hydrogen (secondary N) is 2. The molecule has 0 saturated carbocycles. The van der Waals surface area contributed by atoms with E-state index in [-0.39, 0.29) is 30.0 Å². The molecule has 0 fully saturated rings. The smallest absolute Gasteiger partial charge is 0.191 e. The van der Waals surface area contributed by atoms with E-state index in [0.29, 0.717) is 6.54 Å². The number of hydrogen-bond donors (Lipinski definition) is 2. The fraction of sp³-hybridized carbons (Fsp3) is 0.368. The third-order valence-electron chi connectivity index (χ3n) is 3.74. The number of hydrogen-bond acceptors (Lipinski definition) is 3. The van der Waals surface area contributed by atoms with Crippen molar-refractivity contribution in [1.29, 1.82) is 0 Å². The second kappa shape index (κ2) is 11.8. The molecular weight excluding hydrogens is 425 g/mol. The van der Waals surface area contributed by atoms with Gasteiger partial charge in [-0.05, 0) is 38.7 Å². The molecule has 0 radical (unpaired) electrons. The van der Waals surface area contributed by atoms with Crippen LogP contribution in [0.5, 0.6) is 0 Å². The van der Waals surface area contributed by atoms with E-state index < -0.39 is 0 Å². The van der Waals surface area contributed by atoms with Crippen LogP contribution in [0.1, 0.15) is 24.2 Å². The number of aliphatic imine (C=N–C) groups is 1. The standard InChI is InChI=1S/C19H27N5.HI/c1-4-20-19(22-14-17-12-8-9-13-21-17)23-15-18(24(2)3)16-10-6-5-7-11-16;/h5-13,18H,4,14-15H2,1-3H3,(H2,20,22,23);1H. The summed E-state index contributed by atoms with van der Waals surface area (Å²) < 4.78 is 0. The van der Waals surface area contributed by atoms with Gasteiger partial charge in [0.05, 0.1) is 18.3 Å². The molecule has 1 aromatic heterocycles. The molecule has 25 heavy (non-hydrogen) atoms. The van der Waals surface area contributed by atoms with E-state index in [2.05, 4.69) is 70.8 Å². The van der Waals surface area contributed by atoms with E-state index in [1.54, 1.807) is 6.20 Å². The molecule has 136 valence electrons. The summed E-state index contributed by atoms with van der Waals surface area (Å²) in [7, 11) is 4.19. The highest BCUT2D eigenvalue weighted by molar-refractivity contribution is 14.0. The molecular formula is C19H28IN5. The average Bonchev–Trinajstić information content (AvgIpc) is 2.61. The molecule has 2 rings (SSSR count). The molecule has 1 heterocycles. The van der Waals surface area contributed by atoms with Gasteiger partial charge < -0.3 is 15.5 Å². The third-order valence-corrected chi connectivity index (χ3v) is 3.74. The van der Waals surface area contributed by atoms with Crippen molar-refractivity contribution >= 4 is 29.9 Å². The first-order valence-electron chi connectivity index (χ1n) is 8.34. The zero-order valence-corrected chi connectivity index (χ0v) is 17.5. The maximum absolute atomic E-state index is 4.62. The topological polar surface area (TPSA) is 52.6 Å². The fourth-order valence-corrected chi connectivity index (χ4v) is 2.46. The average molecular weight is 453 g/mol. The van der Waals surface area contributed by atoms with E-state index in [1.807, 2.05) is 24.3 Å². The number of halogens is 1. The van der Waals surface area contributed by atoms with Crippen LogP contribution in [0.4, 0.5) is 0 Å². The van der Waals surface area contributed by atoms with Crippen molar-refractivity contribution in [3.8, 4) is 0 Å². The fourth-order valence-electron chi connectivity index (χ4n) is 2.46. The van der Waals surface area contributed by atoms with E-state index in [1.165, 1.54) is 5.56 Å². The minimum atomic E-state index is 0. The minimum Gasteiger partial charge on any atom is -0.357 e. The second-order valence-electron chi connectivity index (χ2n) is 5.79. The quantitative estimate of drug-likeness (QED) is 0.385. The lowest BCUT2D eigenvalue weighted by Gasteiger charge is -2.26. The lowest BCUT2D eigenvalue weighted by atomic mass is 10.1. The minimum absolute atomic E-state index is 0. The van der Waals surface area contributed by atoms with Gasteiger partial charge in [-0.25, -0.2) is 4.99 Å². The van der Waals surface area contributed by atoms with Gasteiger partial charge in [0.2, 0.25) is 0 Å². The Bertz CT molecular complexity index is 616. The van der Waals surface area contributed by atoms with Gasteiger partial charge in [-0.15, -0.1) is 24.0 Å². The van der Waals surface area contributed by atoms with Gasteiger partial charge in [-0.1, -0.05) is 36.4 Å². The second-order valence-corrected chi connectivity index (χ2v) is 5.79. The van der Waals surface area contributed by atoms with Gasteiger partial charge in [-0.3, -0.25) is 4.98 Å². The molecule has 5 nitrogen and oxygen atoms in total. The first kappa shape index (κ1) is 21.4. The molecule has 1 atom stereocenters. The van der Waals surface area contributed by atoms with Gasteiger partial charge in [0.1, 0.15) is 0 Å². The van der Waals surface area contributed by atoms with Crippen molar-refractivity contribution in [2.45, 2.75) is 19.5 Å². The predicted octanol–water partition coefficient (Wildman–Crippen LogP) is 3.06. The van der Waals surface area contributed by atoms with Gasteiger partial charge in [0.25, 0.3) is 0 Å². The number of rotatable bonds is 7. The molecule has 0 aliphatic carbocycles. The normalized spacial score (nSPS) is 12.4. The maximum atomic E-state index is 4.62. The van der Waals surface area contributed by atoms with Crippen molar-refractivity contribution in [1.82, 2.24) is 20.5 Å². The molecule has 0 saturated heterocycles. The summed E-state index contributed by atoms with van der Waals surface area (Å²) in [6.07, 6.45) is 1.79. The highest BCUT2D eigenvalue weighted by Gasteiger charge is 2.14. The summed E-state index contributed by atoms with van der Waals surface area (Å²) in [5, 5.41) is 6.73. The van der Waals surface area contributed by atoms with Crippen LogP contribution >= 0.6 is 24.0 Å². The third kappa shape index (κ3) is 7.39. The maximum Gasteiger partial charge on any atom is 0.191 e. The van der Waals surface area contributed by atoms with E-state index in [9.17, 15) is 0 Å². The number of nitrogens with zero attached hydrogens (tertiary/aromatic N) is 3. The molecule has 2 aromatic rings. The highest BCUT2D eigenvalue weighted by Crippen LogP contribution is 2.16. The summed E-state index contributed by atoms with van der Waals surface area (Å²) in [5.74, 6) is 0.811. The predicted molar refractivity (Wildman–Crippen MR) is 115 cm³/mol. The zero-order valence-electron chi connectivity index (χ0n) is 15.1. The first-order valence-corrected chi connectivity index (χ1v) is 8.34. The van der Waals surface area contributed by atoms with Crippen LogP contribution in [0.2, 0.25) is 0 Å². The van der Waals surface area contributed by atoms with Crippen molar-refractivity contribution in [2.24, 2.45) is 4.99 Å². The summed E-state index contributed by atoms with van der Waals surface area (Å²) in [6.45, 7) is 4.24. The van der Waals surface area contributed by atoms with Gasteiger partial charge >= 0.3 is 0 Å². The number of aromatic nitrogens is 1. The largest absolute Gasteiger partial charge is 0.357 e. The van der Waals surface area contributed by atoms with Crippen molar-refractivity contribution < 1.29 is 0 Å². The Morgan fingerprint density at radius 3 is 2.40 bits per heavy atom. The molecule has 0 aliphatic heterocycles. The van der Waals surface area contributed by atoms with Crippen molar-refractivity contribution in [3.63, 3.8) is 0 Å². The Balaban J connectivity index is 0.00000312. The summed E-state index contributed by atoms with van der Waals surface area (Å²) in [6, 6.07) is 16.7. The van der Waals surface area contributed by atoms with Crippen molar-refractivity contribution in [2.75, 3.05) is 27.2 Å². The van der Waals surface area contributed by atoms with Gasteiger partial charge in [0, 0.05) is 19.3 Å². The van der Waals surface area contributed by atoms with Gasteiger partial charge in [-0.2, -0.15) is 0 Å². The van der Waals surface area contributed by atoms with E-state index in [0.717, 1.165) is 24.7 Å². The molecule has 2 N–H and O–H groups in total. The van der Waals surface area contributed by atoms with Crippen molar-refractivity contribution in [3.05, 3.63) is 66.0 Å². The number of likely N-dealkylation sites (N-methyl/N-ethyl adjacent to an activating group) is 1. The Hall–Kier alpha value is -1.67. The highest BCUT2D eigenvalue weighted by atomic mass is 127. The molecule has 1 aromatic carbocycles. The van der Waals surface area contributed by atoms with Crippen LogP contribution in [0, 0.1) is 0 Å². The van der Waals surface area contributed by atoms with Crippen LogP contribution < -0.4 is 10.6 Å². The molecule has 0 amide bonds. The van der Waals surface area contributed by atoms with Crippen LogP contribution in [0.25, 0.3) is 0 Å². The number of pyridine rings is 1. The Labute approximate surface area is 168 Å². The summed E-state index contributed by atoms with van der Waals surface area (Å²) in [4.78, 5) is 11.1. The van der Waals surface area contributed by atoms with Crippen LogP contribution in [-0.4, -0.2) is 43.0 Å². The summed E-state index contributed by atoms with van der Waals surface area (Å²) in [5.41, 5.74) is 2.25. The van der Waals surface area contributed by atoms with Crippen LogP contribution in [0.15, 0.2) is 59.7 Å². The van der Waals surface area contributed by atoms with E-state index >= 15 is 0 Å².